The van der Waals surface area contributed by atoms with E-state index in [2.05, 4.69) is 10.6 Å². The first-order valence-electron chi connectivity index (χ1n) is 6.16. The standard InChI is InChI=1S/C15H15FN2O2/c1-10(19)11-4-2-6-13(8-11)17-15(20)18-14-7-3-5-12(16)9-14/h2-10,19H,1H3,(H2,17,18,20). The van der Waals surface area contributed by atoms with Gasteiger partial charge >= 0.3 is 6.03 Å². The van der Waals surface area contributed by atoms with Crippen LogP contribution < -0.4 is 10.6 Å². The number of aliphatic hydroxyl groups is 1. The summed E-state index contributed by atoms with van der Waals surface area (Å²) in [6.45, 7) is 1.64. The molecule has 0 saturated heterocycles. The van der Waals surface area contributed by atoms with Crippen molar-refractivity contribution in [3.8, 4) is 0 Å². The first-order valence-corrected chi connectivity index (χ1v) is 6.16. The summed E-state index contributed by atoms with van der Waals surface area (Å²) in [6, 6.07) is 12.0. The van der Waals surface area contributed by atoms with Crippen LogP contribution in [0.5, 0.6) is 0 Å². The number of nitrogens with one attached hydrogen (secondary N) is 2. The van der Waals surface area contributed by atoms with Crippen LogP contribution in [0.15, 0.2) is 48.5 Å². The molecular formula is C15H15FN2O2. The molecule has 0 aromatic heterocycles. The van der Waals surface area contributed by atoms with E-state index < -0.39 is 18.0 Å². The number of halogens is 1. The molecule has 0 heterocycles. The van der Waals surface area contributed by atoms with Crippen LogP contribution in [0.1, 0.15) is 18.6 Å². The second kappa shape index (κ2) is 6.16. The van der Waals surface area contributed by atoms with Crippen LogP contribution in [0.2, 0.25) is 0 Å². The van der Waals surface area contributed by atoms with Crippen LogP contribution in [0.25, 0.3) is 0 Å². The molecule has 0 aliphatic heterocycles. The monoisotopic (exact) mass is 274 g/mol. The summed E-state index contributed by atoms with van der Waals surface area (Å²) in [7, 11) is 0. The van der Waals surface area contributed by atoms with Gasteiger partial charge in [-0.3, -0.25) is 0 Å². The summed E-state index contributed by atoms with van der Waals surface area (Å²) in [5, 5.41) is 14.6. The van der Waals surface area contributed by atoms with Crippen molar-refractivity contribution in [2.45, 2.75) is 13.0 Å². The predicted octanol–water partition coefficient (Wildman–Crippen LogP) is 3.52. The quantitative estimate of drug-likeness (QED) is 0.802. The largest absolute Gasteiger partial charge is 0.389 e. The van der Waals surface area contributed by atoms with Crippen LogP contribution in [-0.4, -0.2) is 11.1 Å². The van der Waals surface area contributed by atoms with Gasteiger partial charge in [0.15, 0.2) is 0 Å². The van der Waals surface area contributed by atoms with Gasteiger partial charge in [-0.1, -0.05) is 18.2 Å². The summed E-state index contributed by atoms with van der Waals surface area (Å²) in [5.74, 6) is -0.418. The Kier molecular flexibility index (Phi) is 4.32. The molecule has 20 heavy (non-hydrogen) atoms. The van der Waals surface area contributed by atoms with Crippen LogP contribution in [-0.2, 0) is 0 Å². The number of amides is 2. The highest BCUT2D eigenvalue weighted by molar-refractivity contribution is 5.99. The maximum atomic E-state index is 13.0. The number of rotatable bonds is 3. The summed E-state index contributed by atoms with van der Waals surface area (Å²) in [6.07, 6.45) is -0.608. The second-order valence-electron chi connectivity index (χ2n) is 4.39. The molecule has 4 nitrogen and oxygen atoms in total. The zero-order valence-corrected chi connectivity index (χ0v) is 10.9. The molecule has 0 bridgehead atoms. The highest BCUT2D eigenvalue weighted by Crippen LogP contribution is 2.17. The van der Waals surface area contributed by atoms with E-state index in [1.54, 1.807) is 37.3 Å². The average molecular weight is 274 g/mol. The summed E-state index contributed by atoms with van der Waals surface area (Å²) < 4.78 is 13.0. The topological polar surface area (TPSA) is 61.4 Å². The Morgan fingerprint density at radius 2 is 1.70 bits per heavy atom. The molecular weight excluding hydrogens is 259 g/mol. The van der Waals surface area contributed by atoms with Gasteiger partial charge in [0.1, 0.15) is 5.82 Å². The van der Waals surface area contributed by atoms with E-state index in [4.69, 9.17) is 0 Å². The van der Waals surface area contributed by atoms with Gasteiger partial charge in [0.05, 0.1) is 6.10 Å². The van der Waals surface area contributed by atoms with Gasteiger partial charge in [-0.15, -0.1) is 0 Å². The van der Waals surface area contributed by atoms with Crippen molar-refractivity contribution in [1.29, 1.82) is 0 Å². The summed E-state index contributed by atoms with van der Waals surface area (Å²) in [5.41, 5.74) is 1.63. The lowest BCUT2D eigenvalue weighted by atomic mass is 10.1. The highest BCUT2D eigenvalue weighted by atomic mass is 19.1. The van der Waals surface area contributed by atoms with Gasteiger partial charge in [0, 0.05) is 11.4 Å². The molecule has 3 N–H and O–H groups in total. The Morgan fingerprint density at radius 3 is 2.30 bits per heavy atom. The van der Waals surface area contributed by atoms with Crippen molar-refractivity contribution in [3.05, 3.63) is 59.9 Å². The maximum absolute atomic E-state index is 13.0. The molecule has 0 radical (unpaired) electrons. The number of hydrogen-bond acceptors (Lipinski definition) is 2. The minimum absolute atomic E-state index is 0.370. The van der Waals surface area contributed by atoms with Crippen LogP contribution in [0.3, 0.4) is 0 Å². The molecule has 2 aromatic carbocycles. The fourth-order valence-electron chi connectivity index (χ4n) is 1.74. The third kappa shape index (κ3) is 3.80. The predicted molar refractivity (Wildman–Crippen MR) is 76.1 cm³/mol. The Hall–Kier alpha value is -2.40. The first kappa shape index (κ1) is 14.0. The van der Waals surface area contributed by atoms with Gasteiger partial charge in [-0.25, -0.2) is 9.18 Å². The van der Waals surface area contributed by atoms with E-state index in [1.165, 1.54) is 18.2 Å². The Bertz CT molecular complexity index is 614. The number of carbonyl (C=O) groups excluding carboxylic acids is 1. The maximum Gasteiger partial charge on any atom is 0.323 e. The highest BCUT2D eigenvalue weighted by Gasteiger charge is 2.05. The lowest BCUT2D eigenvalue weighted by molar-refractivity contribution is 0.199. The molecule has 1 atom stereocenters. The smallest absolute Gasteiger partial charge is 0.323 e. The van der Waals surface area contributed by atoms with Gasteiger partial charge in [-0.05, 0) is 42.8 Å². The van der Waals surface area contributed by atoms with Crippen molar-refractivity contribution in [2.24, 2.45) is 0 Å². The number of aliphatic hydroxyl groups excluding tert-OH is 1. The molecule has 0 aliphatic rings. The van der Waals surface area contributed by atoms with Crippen molar-refractivity contribution in [2.75, 3.05) is 10.6 Å². The number of hydrogen-bond donors (Lipinski definition) is 3. The number of carbonyl (C=O) groups is 1. The molecule has 0 saturated carbocycles. The van der Waals surface area contributed by atoms with Gasteiger partial charge in [-0.2, -0.15) is 0 Å². The van der Waals surface area contributed by atoms with Crippen molar-refractivity contribution in [1.82, 2.24) is 0 Å². The molecule has 104 valence electrons. The van der Waals surface area contributed by atoms with Crippen LogP contribution in [0, 0.1) is 5.82 Å². The average Bonchev–Trinajstić information content (AvgIpc) is 2.38. The molecule has 0 aliphatic carbocycles. The van der Waals surface area contributed by atoms with E-state index in [0.717, 1.165) is 0 Å². The number of urea groups is 1. The van der Waals surface area contributed by atoms with E-state index in [9.17, 15) is 14.3 Å². The Morgan fingerprint density at radius 1 is 1.10 bits per heavy atom. The van der Waals surface area contributed by atoms with Gasteiger partial charge in [0.25, 0.3) is 0 Å². The third-order valence-electron chi connectivity index (χ3n) is 2.71. The lowest BCUT2D eigenvalue weighted by Crippen LogP contribution is -2.19. The zero-order valence-electron chi connectivity index (χ0n) is 10.9. The Labute approximate surface area is 116 Å². The molecule has 2 rings (SSSR count). The fourth-order valence-corrected chi connectivity index (χ4v) is 1.74. The SMILES string of the molecule is CC(O)c1cccc(NC(=O)Nc2cccc(F)c2)c1. The van der Waals surface area contributed by atoms with E-state index >= 15 is 0 Å². The van der Waals surface area contributed by atoms with Crippen LogP contribution >= 0.6 is 0 Å². The van der Waals surface area contributed by atoms with Crippen molar-refractivity contribution >= 4 is 17.4 Å². The minimum Gasteiger partial charge on any atom is -0.389 e. The molecule has 0 fully saturated rings. The first-order chi connectivity index (χ1) is 9.54. The van der Waals surface area contributed by atoms with Crippen molar-refractivity contribution < 1.29 is 14.3 Å². The lowest BCUT2D eigenvalue weighted by Gasteiger charge is -2.10. The Balaban J connectivity index is 2.03. The number of anilines is 2. The number of benzene rings is 2. The van der Waals surface area contributed by atoms with E-state index in [1.807, 2.05) is 0 Å². The van der Waals surface area contributed by atoms with Crippen LogP contribution in [0.4, 0.5) is 20.6 Å². The minimum atomic E-state index is -0.608. The molecule has 1 unspecified atom stereocenters. The summed E-state index contributed by atoms with van der Waals surface area (Å²) in [4.78, 5) is 11.8. The van der Waals surface area contributed by atoms with Gasteiger partial charge < -0.3 is 15.7 Å². The third-order valence-corrected chi connectivity index (χ3v) is 2.71. The van der Waals surface area contributed by atoms with Gasteiger partial charge in [0.2, 0.25) is 0 Å². The summed E-state index contributed by atoms with van der Waals surface area (Å²) >= 11 is 0. The fraction of sp³-hybridized carbons (Fsp3) is 0.133. The van der Waals surface area contributed by atoms with Crippen molar-refractivity contribution in [3.63, 3.8) is 0 Å². The zero-order chi connectivity index (χ0) is 14.5. The van der Waals surface area contributed by atoms with E-state index in [-0.39, 0.29) is 0 Å². The molecule has 5 heteroatoms. The van der Waals surface area contributed by atoms with E-state index in [0.29, 0.717) is 16.9 Å². The molecule has 2 amide bonds. The molecule has 2 aromatic rings. The molecule has 0 spiro atoms. The second-order valence-corrected chi connectivity index (χ2v) is 4.39. The normalized spacial score (nSPS) is 11.8.